The normalized spacial score (nSPS) is 18.3. The molecule has 1 atom stereocenters. The molecule has 0 radical (unpaired) electrons. The number of carbonyl (C=O) groups is 1. The fourth-order valence-corrected chi connectivity index (χ4v) is 3.97. The Labute approximate surface area is 148 Å². The molecule has 0 bridgehead atoms. The molecule has 8 heteroatoms. The zero-order valence-corrected chi connectivity index (χ0v) is 14.2. The number of halogens is 1. The standard InChI is InChI=1S/C18H13FN2O4S/c19-13-3-1-2-12(8-13)18-21-15-9-11(4-5-16(15)25-18)17(22)20-14-6-7-26(23,24)10-14/h1-9,14H,10H2,(H,20,22)/t14-/m1/s1. The molecule has 2 aromatic carbocycles. The first-order valence-electron chi connectivity index (χ1n) is 7.78. The van der Waals surface area contributed by atoms with Crippen molar-refractivity contribution in [3.63, 3.8) is 0 Å². The molecule has 6 nitrogen and oxygen atoms in total. The van der Waals surface area contributed by atoms with Crippen LogP contribution in [0.5, 0.6) is 0 Å². The van der Waals surface area contributed by atoms with E-state index in [1.807, 2.05) is 0 Å². The van der Waals surface area contributed by atoms with Crippen LogP contribution in [0.2, 0.25) is 0 Å². The Morgan fingerprint density at radius 2 is 2.08 bits per heavy atom. The molecule has 1 amide bonds. The summed E-state index contributed by atoms with van der Waals surface area (Å²) in [7, 11) is -3.24. The Morgan fingerprint density at radius 3 is 2.81 bits per heavy atom. The van der Waals surface area contributed by atoms with Gasteiger partial charge in [-0.05, 0) is 42.5 Å². The second-order valence-corrected chi connectivity index (χ2v) is 7.88. The number of hydrogen-bond acceptors (Lipinski definition) is 5. The maximum atomic E-state index is 13.4. The Morgan fingerprint density at radius 1 is 1.23 bits per heavy atom. The van der Waals surface area contributed by atoms with Crippen LogP contribution in [0.25, 0.3) is 22.6 Å². The van der Waals surface area contributed by atoms with Gasteiger partial charge in [-0.3, -0.25) is 4.79 Å². The van der Waals surface area contributed by atoms with Gasteiger partial charge in [0, 0.05) is 16.5 Å². The quantitative estimate of drug-likeness (QED) is 0.763. The summed E-state index contributed by atoms with van der Waals surface area (Å²) in [4.78, 5) is 16.6. The first-order valence-corrected chi connectivity index (χ1v) is 9.49. The molecule has 0 unspecified atom stereocenters. The lowest BCUT2D eigenvalue weighted by Gasteiger charge is -2.09. The number of amides is 1. The molecule has 0 fully saturated rings. The Hall–Kier alpha value is -3.00. The van der Waals surface area contributed by atoms with Crippen LogP contribution in [0.15, 0.2) is 58.4 Å². The summed E-state index contributed by atoms with van der Waals surface area (Å²) in [5, 5.41) is 3.75. The van der Waals surface area contributed by atoms with E-state index in [1.54, 1.807) is 30.3 Å². The van der Waals surface area contributed by atoms with Gasteiger partial charge in [0.1, 0.15) is 11.3 Å². The van der Waals surface area contributed by atoms with Crippen molar-refractivity contribution < 1.29 is 22.0 Å². The Kier molecular flexibility index (Phi) is 3.84. The number of fused-ring (bicyclic) bond motifs is 1. The Balaban J connectivity index is 1.59. The monoisotopic (exact) mass is 372 g/mol. The summed E-state index contributed by atoms with van der Waals surface area (Å²) in [6, 6.07) is 10.0. The van der Waals surface area contributed by atoms with Gasteiger partial charge in [0.05, 0.1) is 11.8 Å². The second kappa shape index (κ2) is 6.06. The number of nitrogens with one attached hydrogen (secondary N) is 1. The van der Waals surface area contributed by atoms with E-state index in [1.165, 1.54) is 18.2 Å². The molecule has 1 aromatic heterocycles. The second-order valence-electron chi connectivity index (χ2n) is 5.95. The van der Waals surface area contributed by atoms with E-state index < -0.39 is 27.6 Å². The van der Waals surface area contributed by atoms with E-state index in [-0.39, 0.29) is 11.6 Å². The maximum Gasteiger partial charge on any atom is 0.251 e. The summed E-state index contributed by atoms with van der Waals surface area (Å²) in [6.07, 6.45) is 1.45. The van der Waals surface area contributed by atoms with Crippen molar-refractivity contribution in [2.24, 2.45) is 0 Å². The van der Waals surface area contributed by atoms with E-state index in [2.05, 4.69) is 10.3 Å². The van der Waals surface area contributed by atoms with Gasteiger partial charge in [-0.1, -0.05) is 6.07 Å². The SMILES string of the molecule is O=C(N[C@@H]1C=CS(=O)(=O)C1)c1ccc2oc(-c3cccc(F)c3)nc2c1. The van der Waals surface area contributed by atoms with Gasteiger partial charge in [0.2, 0.25) is 5.89 Å². The highest BCUT2D eigenvalue weighted by molar-refractivity contribution is 7.94. The van der Waals surface area contributed by atoms with E-state index in [9.17, 15) is 17.6 Å². The largest absolute Gasteiger partial charge is 0.436 e. The first kappa shape index (κ1) is 16.5. The molecule has 3 aromatic rings. The van der Waals surface area contributed by atoms with Crippen molar-refractivity contribution in [1.29, 1.82) is 0 Å². The lowest BCUT2D eigenvalue weighted by Crippen LogP contribution is -2.35. The lowest BCUT2D eigenvalue weighted by molar-refractivity contribution is 0.0948. The number of sulfone groups is 1. The number of benzene rings is 2. The van der Waals surface area contributed by atoms with Crippen molar-refractivity contribution in [3.05, 3.63) is 65.3 Å². The minimum atomic E-state index is -3.24. The minimum Gasteiger partial charge on any atom is -0.436 e. The van der Waals surface area contributed by atoms with Gasteiger partial charge in [0.15, 0.2) is 15.4 Å². The van der Waals surface area contributed by atoms with Crippen LogP contribution in [-0.4, -0.2) is 31.1 Å². The smallest absolute Gasteiger partial charge is 0.251 e. The molecule has 0 aliphatic carbocycles. The zero-order chi connectivity index (χ0) is 18.3. The van der Waals surface area contributed by atoms with Crippen molar-refractivity contribution in [1.82, 2.24) is 10.3 Å². The fourth-order valence-electron chi connectivity index (χ4n) is 2.73. The molecule has 0 saturated carbocycles. The predicted octanol–water partition coefficient (Wildman–Crippen LogP) is 2.67. The highest BCUT2D eigenvalue weighted by Gasteiger charge is 2.23. The summed E-state index contributed by atoms with van der Waals surface area (Å²) in [6.45, 7) is 0. The summed E-state index contributed by atoms with van der Waals surface area (Å²) < 4.78 is 41.8. The number of carbonyl (C=O) groups excluding carboxylic acids is 1. The van der Waals surface area contributed by atoms with Crippen LogP contribution in [0, 0.1) is 5.82 Å². The average molecular weight is 372 g/mol. The minimum absolute atomic E-state index is 0.144. The topological polar surface area (TPSA) is 89.3 Å². The molecule has 0 saturated heterocycles. The molecular formula is C18H13FN2O4S. The summed E-state index contributed by atoms with van der Waals surface area (Å²) in [5.74, 6) is -0.700. The zero-order valence-electron chi connectivity index (χ0n) is 13.3. The maximum absolute atomic E-state index is 13.4. The van der Waals surface area contributed by atoms with Crippen LogP contribution < -0.4 is 5.32 Å². The number of aromatic nitrogens is 1. The Bertz CT molecular complexity index is 1150. The molecule has 2 heterocycles. The number of rotatable bonds is 3. The van der Waals surface area contributed by atoms with Crippen molar-refractivity contribution in [3.8, 4) is 11.5 Å². The van der Waals surface area contributed by atoms with E-state index in [4.69, 9.17) is 4.42 Å². The number of nitrogens with zero attached hydrogens (tertiary/aromatic N) is 1. The molecular weight excluding hydrogens is 359 g/mol. The van der Waals surface area contributed by atoms with Gasteiger partial charge in [0.25, 0.3) is 5.91 Å². The van der Waals surface area contributed by atoms with E-state index in [0.29, 0.717) is 22.2 Å². The van der Waals surface area contributed by atoms with Crippen molar-refractivity contribution in [2.75, 3.05) is 5.75 Å². The average Bonchev–Trinajstić information content (AvgIpc) is 3.17. The molecule has 26 heavy (non-hydrogen) atoms. The third-order valence-electron chi connectivity index (χ3n) is 3.97. The molecule has 132 valence electrons. The third kappa shape index (κ3) is 3.23. The first-order chi connectivity index (χ1) is 12.4. The summed E-state index contributed by atoms with van der Waals surface area (Å²) >= 11 is 0. The molecule has 0 spiro atoms. The van der Waals surface area contributed by atoms with Gasteiger partial charge >= 0.3 is 0 Å². The van der Waals surface area contributed by atoms with Crippen molar-refractivity contribution in [2.45, 2.75) is 6.04 Å². The molecule has 4 rings (SSSR count). The summed E-state index contributed by atoms with van der Waals surface area (Å²) in [5.41, 5.74) is 1.73. The highest BCUT2D eigenvalue weighted by Crippen LogP contribution is 2.25. The van der Waals surface area contributed by atoms with Crippen LogP contribution in [-0.2, 0) is 9.84 Å². The van der Waals surface area contributed by atoms with Gasteiger partial charge in [-0.15, -0.1) is 0 Å². The van der Waals surface area contributed by atoms with E-state index >= 15 is 0 Å². The van der Waals surface area contributed by atoms with Crippen LogP contribution in [0.4, 0.5) is 4.39 Å². The molecule has 1 aliphatic heterocycles. The molecule has 1 aliphatic rings. The van der Waals surface area contributed by atoms with Crippen molar-refractivity contribution >= 4 is 26.8 Å². The molecule has 1 N–H and O–H groups in total. The van der Waals surface area contributed by atoms with Gasteiger partial charge in [-0.2, -0.15) is 0 Å². The van der Waals surface area contributed by atoms with E-state index in [0.717, 1.165) is 5.41 Å². The van der Waals surface area contributed by atoms with Gasteiger partial charge in [-0.25, -0.2) is 17.8 Å². The third-order valence-corrected chi connectivity index (χ3v) is 5.36. The lowest BCUT2D eigenvalue weighted by atomic mass is 10.2. The fraction of sp³-hybridized carbons (Fsp3) is 0.111. The predicted molar refractivity (Wildman–Crippen MR) is 93.6 cm³/mol. The number of oxazole rings is 1. The highest BCUT2D eigenvalue weighted by atomic mass is 32.2. The number of hydrogen-bond donors (Lipinski definition) is 1. The van der Waals surface area contributed by atoms with Crippen LogP contribution in [0.3, 0.4) is 0 Å². The van der Waals surface area contributed by atoms with Gasteiger partial charge < -0.3 is 9.73 Å². The van der Waals surface area contributed by atoms with Crippen LogP contribution in [0.1, 0.15) is 10.4 Å². The van der Waals surface area contributed by atoms with Crippen LogP contribution >= 0.6 is 0 Å².